The molecule has 1 aromatic rings. The van der Waals surface area contributed by atoms with Gasteiger partial charge >= 0.3 is 0 Å². The maximum atomic E-state index is 14.1. The van der Waals surface area contributed by atoms with Crippen LogP contribution in [0.1, 0.15) is 118 Å². The SMILES string of the molecule is CCC(C)(C)C(=O)N[C@@H](Cc1ccccc1)C(=O)N1C[C@@H](C)C[C@@H]1C(=O)N[C@@H](CCCCCC(=O)[C@@H](C)OC1(C)CCCCO1)C(C)=O. The summed E-state index contributed by atoms with van der Waals surface area (Å²) >= 11 is 0. The summed E-state index contributed by atoms with van der Waals surface area (Å²) in [5.74, 6) is -1.61. The Labute approximate surface area is 287 Å². The minimum absolute atomic E-state index is 0.0296. The van der Waals surface area contributed by atoms with E-state index in [9.17, 15) is 24.0 Å². The van der Waals surface area contributed by atoms with Gasteiger partial charge in [-0.2, -0.15) is 0 Å². The highest BCUT2D eigenvalue weighted by Gasteiger charge is 2.42. The Bertz CT molecular complexity index is 1240. The van der Waals surface area contributed by atoms with Crippen LogP contribution in [0.2, 0.25) is 0 Å². The number of nitrogens with zero attached hydrogens (tertiary/aromatic N) is 1. The van der Waals surface area contributed by atoms with Gasteiger partial charge in [-0.15, -0.1) is 0 Å². The molecule has 48 heavy (non-hydrogen) atoms. The first-order valence-electron chi connectivity index (χ1n) is 18.0. The van der Waals surface area contributed by atoms with Crippen molar-refractivity contribution in [3.8, 4) is 0 Å². The van der Waals surface area contributed by atoms with Gasteiger partial charge in [0.25, 0.3) is 0 Å². The van der Waals surface area contributed by atoms with Crippen LogP contribution in [-0.4, -0.2) is 77.4 Å². The molecule has 0 bridgehead atoms. The zero-order chi connectivity index (χ0) is 35.5. The average Bonchev–Trinajstić information content (AvgIpc) is 3.45. The number of unbranched alkanes of at least 4 members (excludes halogenated alkanes) is 2. The highest BCUT2D eigenvalue weighted by molar-refractivity contribution is 5.95. The van der Waals surface area contributed by atoms with Gasteiger partial charge < -0.3 is 25.0 Å². The first-order valence-corrected chi connectivity index (χ1v) is 18.0. The maximum absolute atomic E-state index is 14.1. The monoisotopic (exact) mass is 669 g/mol. The van der Waals surface area contributed by atoms with Crippen molar-refractivity contribution in [3.63, 3.8) is 0 Å². The van der Waals surface area contributed by atoms with Crippen LogP contribution in [0.3, 0.4) is 0 Å². The zero-order valence-electron chi connectivity index (χ0n) is 30.3. The van der Waals surface area contributed by atoms with E-state index in [1.165, 1.54) is 6.92 Å². The molecule has 268 valence electrons. The Balaban J connectivity index is 1.57. The normalized spacial score (nSPS) is 23.2. The van der Waals surface area contributed by atoms with Gasteiger partial charge in [0.1, 0.15) is 18.2 Å². The van der Waals surface area contributed by atoms with Gasteiger partial charge in [-0.25, -0.2) is 0 Å². The van der Waals surface area contributed by atoms with Crippen LogP contribution in [0.15, 0.2) is 30.3 Å². The zero-order valence-corrected chi connectivity index (χ0v) is 30.3. The smallest absolute Gasteiger partial charge is 0.246 e. The van der Waals surface area contributed by atoms with Crippen LogP contribution in [-0.2, 0) is 39.9 Å². The van der Waals surface area contributed by atoms with Crippen LogP contribution >= 0.6 is 0 Å². The topological polar surface area (TPSA) is 131 Å². The summed E-state index contributed by atoms with van der Waals surface area (Å²) in [5, 5.41) is 5.91. The van der Waals surface area contributed by atoms with E-state index < -0.39 is 35.4 Å². The Morgan fingerprint density at radius 1 is 1.04 bits per heavy atom. The lowest BCUT2D eigenvalue weighted by Crippen LogP contribution is -2.56. The second kappa shape index (κ2) is 18.0. The summed E-state index contributed by atoms with van der Waals surface area (Å²) < 4.78 is 11.7. The van der Waals surface area contributed by atoms with Gasteiger partial charge in [0.05, 0.1) is 12.6 Å². The Kier molecular flexibility index (Phi) is 14.8. The van der Waals surface area contributed by atoms with Crippen LogP contribution in [0.5, 0.6) is 0 Å². The molecule has 1 unspecified atom stereocenters. The highest BCUT2D eigenvalue weighted by Crippen LogP contribution is 2.28. The standard InChI is InChI=1S/C38H59N3O7/c1-8-37(5,6)36(46)40-31(24-29-17-11-9-12-18-29)35(45)41-25-26(2)23-32(41)34(44)39-30(27(3)42)19-13-10-14-20-33(43)28(4)48-38(7)21-15-16-22-47-38/h9,11-12,17-18,26,28,30-32H,8,10,13-16,19-25H2,1-7H3,(H,39,44)(H,40,46)/t26-,28+,30-,31-,32+,38?/m0/s1. The quantitative estimate of drug-likeness (QED) is 0.203. The Hall–Kier alpha value is -3.11. The minimum atomic E-state index is -0.830. The van der Waals surface area contributed by atoms with Crippen molar-refractivity contribution in [2.45, 2.75) is 149 Å². The number of hydrogen-bond donors (Lipinski definition) is 2. The third-order valence-electron chi connectivity index (χ3n) is 10.0. The molecule has 2 aliphatic heterocycles. The van der Waals surface area contributed by atoms with Crippen LogP contribution in [0, 0.1) is 11.3 Å². The van der Waals surface area contributed by atoms with Crippen molar-refractivity contribution >= 4 is 29.3 Å². The molecule has 6 atom stereocenters. The molecule has 2 fully saturated rings. The number of ether oxygens (including phenoxy) is 2. The van der Waals surface area contributed by atoms with Crippen molar-refractivity contribution in [2.75, 3.05) is 13.2 Å². The van der Waals surface area contributed by atoms with E-state index in [-0.39, 0.29) is 35.2 Å². The van der Waals surface area contributed by atoms with Gasteiger partial charge in [-0.05, 0) is 70.8 Å². The molecule has 3 amide bonds. The molecular formula is C38H59N3O7. The van der Waals surface area contributed by atoms with E-state index >= 15 is 0 Å². The van der Waals surface area contributed by atoms with E-state index in [2.05, 4.69) is 10.6 Å². The molecule has 2 heterocycles. The number of Topliss-reactive ketones (excluding diaryl/α,β-unsaturated/α-hetero) is 2. The molecule has 2 saturated heterocycles. The minimum Gasteiger partial charge on any atom is -0.350 e. The van der Waals surface area contributed by atoms with E-state index in [4.69, 9.17) is 9.47 Å². The summed E-state index contributed by atoms with van der Waals surface area (Å²) in [7, 11) is 0. The average molecular weight is 670 g/mol. The van der Waals surface area contributed by atoms with Crippen molar-refractivity contribution in [1.29, 1.82) is 0 Å². The molecule has 0 aliphatic carbocycles. The number of carbonyl (C=O) groups excluding carboxylic acids is 5. The number of hydrogen-bond acceptors (Lipinski definition) is 7. The van der Waals surface area contributed by atoms with E-state index in [1.54, 1.807) is 11.8 Å². The Morgan fingerprint density at radius 3 is 2.38 bits per heavy atom. The molecule has 2 aliphatic rings. The van der Waals surface area contributed by atoms with Crippen molar-refractivity contribution in [3.05, 3.63) is 35.9 Å². The predicted octanol–water partition coefficient (Wildman–Crippen LogP) is 5.30. The molecule has 0 saturated carbocycles. The number of rotatable bonds is 18. The van der Waals surface area contributed by atoms with Crippen molar-refractivity contribution in [1.82, 2.24) is 15.5 Å². The van der Waals surface area contributed by atoms with Gasteiger partial charge in [-0.3, -0.25) is 24.0 Å². The number of nitrogens with one attached hydrogen (secondary N) is 2. The van der Waals surface area contributed by atoms with Gasteiger partial charge in [-0.1, -0.05) is 70.9 Å². The van der Waals surface area contributed by atoms with E-state index in [0.717, 1.165) is 31.2 Å². The third-order valence-corrected chi connectivity index (χ3v) is 10.0. The molecule has 0 aromatic heterocycles. The lowest BCUT2D eigenvalue weighted by atomic mass is 9.88. The first kappa shape index (κ1) is 39.3. The fraction of sp³-hybridized carbons (Fsp3) is 0.711. The molecule has 10 nitrogen and oxygen atoms in total. The van der Waals surface area contributed by atoms with Crippen molar-refractivity contribution in [2.24, 2.45) is 11.3 Å². The number of ketones is 2. The molecule has 1 aromatic carbocycles. The summed E-state index contributed by atoms with van der Waals surface area (Å²) in [4.78, 5) is 67.8. The first-order chi connectivity index (χ1) is 22.7. The predicted molar refractivity (Wildman–Crippen MR) is 185 cm³/mol. The van der Waals surface area contributed by atoms with Gasteiger partial charge in [0, 0.05) is 31.2 Å². The van der Waals surface area contributed by atoms with Crippen LogP contribution < -0.4 is 10.6 Å². The summed E-state index contributed by atoms with van der Waals surface area (Å²) in [6.07, 6.45) is 6.52. The molecule has 2 N–H and O–H groups in total. The van der Waals surface area contributed by atoms with Crippen LogP contribution in [0.25, 0.3) is 0 Å². The maximum Gasteiger partial charge on any atom is 0.246 e. The molecule has 10 heteroatoms. The summed E-state index contributed by atoms with van der Waals surface area (Å²) in [6, 6.07) is 7.28. The molecule has 0 spiro atoms. The fourth-order valence-corrected chi connectivity index (χ4v) is 6.42. The Morgan fingerprint density at radius 2 is 1.75 bits per heavy atom. The lowest BCUT2D eigenvalue weighted by molar-refractivity contribution is -0.258. The summed E-state index contributed by atoms with van der Waals surface area (Å²) in [6.45, 7) is 13.8. The van der Waals surface area contributed by atoms with Crippen LogP contribution in [0.4, 0.5) is 0 Å². The van der Waals surface area contributed by atoms with E-state index in [0.29, 0.717) is 58.1 Å². The van der Waals surface area contributed by atoms with Crippen molar-refractivity contribution < 1.29 is 33.4 Å². The molecule has 0 radical (unpaired) electrons. The van der Waals surface area contributed by atoms with Gasteiger partial charge in [0.2, 0.25) is 17.7 Å². The molecule has 3 rings (SSSR count). The highest BCUT2D eigenvalue weighted by atomic mass is 16.7. The summed E-state index contributed by atoms with van der Waals surface area (Å²) in [5.41, 5.74) is 0.257. The fourth-order valence-electron chi connectivity index (χ4n) is 6.42. The third kappa shape index (κ3) is 11.5. The number of carbonyl (C=O) groups is 5. The largest absolute Gasteiger partial charge is 0.350 e. The van der Waals surface area contributed by atoms with E-state index in [1.807, 2.05) is 65.0 Å². The number of likely N-dealkylation sites (tertiary alicyclic amines) is 1. The number of amides is 3. The second-order valence-corrected chi connectivity index (χ2v) is 14.7. The number of benzene rings is 1. The second-order valence-electron chi connectivity index (χ2n) is 14.7. The molecular weight excluding hydrogens is 610 g/mol. The lowest BCUT2D eigenvalue weighted by Gasteiger charge is -2.35. The van der Waals surface area contributed by atoms with Gasteiger partial charge in [0.15, 0.2) is 17.4 Å².